The Hall–Kier alpha value is -1.13. The zero-order valence-electron chi connectivity index (χ0n) is 14.7. The van der Waals surface area contributed by atoms with Gasteiger partial charge in [0.25, 0.3) is 0 Å². The van der Waals surface area contributed by atoms with Crippen LogP contribution in [0.2, 0.25) is 0 Å². The number of aliphatic carboxylic acids is 1. The molecule has 4 nitrogen and oxygen atoms in total. The summed E-state index contributed by atoms with van der Waals surface area (Å²) >= 11 is 0. The molecule has 1 aliphatic rings. The molecule has 1 aliphatic heterocycles. The van der Waals surface area contributed by atoms with Gasteiger partial charge in [0.05, 0.1) is 6.61 Å². The molecule has 0 unspecified atom stereocenters. The highest BCUT2D eigenvalue weighted by molar-refractivity contribution is 5.80. The first kappa shape index (κ1) is 19.9. The van der Waals surface area contributed by atoms with Crippen LogP contribution < -0.4 is 0 Å². The highest BCUT2D eigenvalue weighted by Crippen LogP contribution is 2.35. The van der Waals surface area contributed by atoms with Crippen molar-refractivity contribution in [1.82, 2.24) is 0 Å². The summed E-state index contributed by atoms with van der Waals surface area (Å²) in [5.74, 6) is -0.751. The van der Waals surface area contributed by atoms with Gasteiger partial charge in [-0.3, -0.25) is 0 Å². The first-order chi connectivity index (χ1) is 10.9. The summed E-state index contributed by atoms with van der Waals surface area (Å²) < 4.78 is 5.77. The van der Waals surface area contributed by atoms with Crippen LogP contribution in [0.15, 0.2) is 24.3 Å². The van der Waals surface area contributed by atoms with Gasteiger partial charge in [0.2, 0.25) is 0 Å². The van der Waals surface area contributed by atoms with Crippen LogP contribution >= 0.6 is 0 Å². The molecule has 0 aromatic carbocycles. The normalized spacial score (nSPS) is 28.3. The Balaban J connectivity index is 2.28. The summed E-state index contributed by atoms with van der Waals surface area (Å²) in [5.41, 5.74) is 0. The van der Waals surface area contributed by atoms with E-state index in [9.17, 15) is 9.90 Å². The number of carboxylic acids is 1. The minimum Gasteiger partial charge on any atom is -0.478 e. The molecular weight excluding hydrogens is 292 g/mol. The van der Waals surface area contributed by atoms with E-state index in [2.05, 4.69) is 20.8 Å². The number of carboxylic acid groups (broad SMARTS) is 1. The highest BCUT2D eigenvalue weighted by atomic mass is 16.6. The maximum absolute atomic E-state index is 10.6. The van der Waals surface area contributed by atoms with E-state index >= 15 is 0 Å². The fourth-order valence-corrected chi connectivity index (χ4v) is 3.00. The summed E-state index contributed by atoms with van der Waals surface area (Å²) in [6.45, 7) is 7.03. The van der Waals surface area contributed by atoms with E-state index < -0.39 is 11.8 Å². The predicted molar refractivity (Wildman–Crippen MR) is 92.0 cm³/mol. The van der Waals surface area contributed by atoms with Crippen LogP contribution in [0.1, 0.15) is 59.3 Å². The van der Waals surface area contributed by atoms with Crippen molar-refractivity contribution >= 4 is 5.97 Å². The Bertz CT molecular complexity index is 406. The van der Waals surface area contributed by atoms with Crippen LogP contribution in [-0.2, 0) is 9.53 Å². The summed E-state index contributed by atoms with van der Waals surface area (Å²) in [4.78, 5) is 10.4. The molecule has 0 aliphatic carbocycles. The molecule has 4 heteroatoms. The number of allylic oxidation sites excluding steroid dienone is 3. The first-order valence-electron chi connectivity index (χ1n) is 8.81. The van der Waals surface area contributed by atoms with Crippen LogP contribution in [0.4, 0.5) is 0 Å². The van der Waals surface area contributed by atoms with Crippen molar-refractivity contribution in [1.29, 1.82) is 0 Å². The smallest absolute Gasteiger partial charge is 0.328 e. The third-order valence-corrected chi connectivity index (χ3v) is 4.91. The molecule has 0 aromatic heterocycles. The number of aliphatic hydroxyl groups is 1. The zero-order valence-corrected chi connectivity index (χ0v) is 14.7. The highest BCUT2D eigenvalue weighted by Gasteiger charge is 2.38. The summed E-state index contributed by atoms with van der Waals surface area (Å²) in [6, 6.07) is 0. The van der Waals surface area contributed by atoms with E-state index in [0.717, 1.165) is 44.6 Å². The lowest BCUT2D eigenvalue weighted by Crippen LogP contribution is -2.44. The molecule has 2 N–H and O–H groups in total. The van der Waals surface area contributed by atoms with Crippen LogP contribution in [0.25, 0.3) is 0 Å². The van der Waals surface area contributed by atoms with Gasteiger partial charge in [0.1, 0.15) is 0 Å². The van der Waals surface area contributed by atoms with Gasteiger partial charge >= 0.3 is 5.97 Å². The van der Waals surface area contributed by atoms with Crippen molar-refractivity contribution in [3.05, 3.63) is 24.3 Å². The van der Waals surface area contributed by atoms with E-state index in [1.54, 1.807) is 12.2 Å². The first-order valence-corrected chi connectivity index (χ1v) is 8.81. The summed E-state index contributed by atoms with van der Waals surface area (Å²) in [5, 5.41) is 19.1. The molecule has 1 heterocycles. The molecule has 1 rings (SSSR count). The van der Waals surface area contributed by atoms with Gasteiger partial charge < -0.3 is 14.9 Å². The molecule has 0 bridgehead atoms. The average molecular weight is 324 g/mol. The number of ether oxygens (including phenoxy) is 1. The largest absolute Gasteiger partial charge is 0.478 e. The van der Waals surface area contributed by atoms with Gasteiger partial charge in [-0.05, 0) is 31.1 Å². The maximum atomic E-state index is 10.6. The molecule has 23 heavy (non-hydrogen) atoms. The van der Waals surface area contributed by atoms with Gasteiger partial charge in [0, 0.05) is 18.4 Å². The van der Waals surface area contributed by atoms with Gasteiger partial charge in [-0.15, -0.1) is 0 Å². The van der Waals surface area contributed by atoms with Crippen molar-refractivity contribution in [2.75, 3.05) is 6.61 Å². The van der Waals surface area contributed by atoms with E-state index in [0.29, 0.717) is 18.4 Å². The van der Waals surface area contributed by atoms with Crippen LogP contribution in [0, 0.1) is 17.8 Å². The molecular formula is C19H32O4. The van der Waals surface area contributed by atoms with Crippen LogP contribution in [0.3, 0.4) is 0 Å². The van der Waals surface area contributed by atoms with Gasteiger partial charge in [-0.25, -0.2) is 4.79 Å². The third-order valence-electron chi connectivity index (χ3n) is 4.91. The van der Waals surface area contributed by atoms with Crippen molar-refractivity contribution in [3.8, 4) is 0 Å². The van der Waals surface area contributed by atoms with Gasteiger partial charge in [0.15, 0.2) is 5.79 Å². The van der Waals surface area contributed by atoms with Crippen molar-refractivity contribution < 1.29 is 19.7 Å². The lowest BCUT2D eigenvalue weighted by molar-refractivity contribution is -0.264. The zero-order chi connectivity index (χ0) is 17.3. The Morgan fingerprint density at radius 3 is 2.65 bits per heavy atom. The Morgan fingerprint density at radius 1 is 1.35 bits per heavy atom. The molecule has 0 radical (unpaired) electrons. The lowest BCUT2D eigenvalue weighted by atomic mass is 9.85. The summed E-state index contributed by atoms with van der Waals surface area (Å²) in [7, 11) is 0. The predicted octanol–water partition coefficient (Wildman–Crippen LogP) is 4.15. The number of rotatable bonds is 9. The number of carbonyl (C=O) groups is 1. The number of hydrogen-bond acceptors (Lipinski definition) is 3. The van der Waals surface area contributed by atoms with Crippen molar-refractivity contribution in [3.63, 3.8) is 0 Å². The second-order valence-electron chi connectivity index (χ2n) is 6.86. The van der Waals surface area contributed by atoms with E-state index in [1.165, 1.54) is 0 Å². The number of hydrogen-bond donors (Lipinski definition) is 2. The fourth-order valence-electron chi connectivity index (χ4n) is 3.00. The molecule has 1 fully saturated rings. The second-order valence-corrected chi connectivity index (χ2v) is 6.86. The van der Waals surface area contributed by atoms with Crippen LogP contribution in [0.5, 0.6) is 0 Å². The van der Waals surface area contributed by atoms with Crippen molar-refractivity contribution in [2.45, 2.75) is 65.1 Å². The Morgan fingerprint density at radius 2 is 2.09 bits per heavy atom. The SMILES string of the molecule is CC[C@H]1CC[C@@](O)([C@@H](C)CCC[C@@H](C)/C=C/C=C/C(=O)O)OC1. The molecule has 0 amide bonds. The quantitative estimate of drug-likeness (QED) is 0.494. The van der Waals surface area contributed by atoms with E-state index in [4.69, 9.17) is 9.84 Å². The average Bonchev–Trinajstić information content (AvgIpc) is 2.52. The fraction of sp³-hybridized carbons (Fsp3) is 0.737. The third kappa shape index (κ3) is 7.32. The molecule has 132 valence electrons. The lowest BCUT2D eigenvalue weighted by Gasteiger charge is -2.40. The van der Waals surface area contributed by atoms with Crippen LogP contribution in [-0.4, -0.2) is 28.6 Å². The maximum Gasteiger partial charge on any atom is 0.328 e. The second kappa shape index (κ2) is 9.89. The minimum absolute atomic E-state index is 0.142. The molecule has 0 saturated carbocycles. The molecule has 0 aromatic rings. The monoisotopic (exact) mass is 324 g/mol. The molecule has 4 atom stereocenters. The molecule has 1 saturated heterocycles. The van der Waals surface area contributed by atoms with Gasteiger partial charge in [-0.2, -0.15) is 0 Å². The topological polar surface area (TPSA) is 66.8 Å². The van der Waals surface area contributed by atoms with E-state index in [1.807, 2.05) is 6.08 Å². The van der Waals surface area contributed by atoms with Gasteiger partial charge in [-0.1, -0.05) is 51.8 Å². The Labute approximate surface area is 140 Å². The summed E-state index contributed by atoms with van der Waals surface area (Å²) in [6.07, 6.45) is 12.4. The van der Waals surface area contributed by atoms with E-state index in [-0.39, 0.29) is 5.92 Å². The minimum atomic E-state index is -0.949. The van der Waals surface area contributed by atoms with Crippen molar-refractivity contribution in [2.24, 2.45) is 17.8 Å². The standard InChI is InChI=1S/C19H32O4/c1-4-17-12-13-19(22,23-14-17)16(3)10-7-9-15(2)8-5-6-11-18(20)21/h5-6,8,11,15-17,22H,4,7,9-10,12-14H2,1-3H3,(H,20,21)/b8-5+,11-6+/t15-,16-,17-,19-/m0/s1. The Kier molecular flexibility index (Phi) is 8.56. The molecule has 0 spiro atoms.